The van der Waals surface area contributed by atoms with Gasteiger partial charge in [0.1, 0.15) is 5.84 Å². The molecule has 0 bridgehead atoms. The van der Waals surface area contributed by atoms with Gasteiger partial charge in [0, 0.05) is 18.7 Å². The smallest absolute Gasteiger partial charge is 0.122 e. The summed E-state index contributed by atoms with van der Waals surface area (Å²) in [6.07, 6.45) is 1.01. The Bertz CT molecular complexity index is 191. The van der Waals surface area contributed by atoms with Crippen LogP contribution in [0.1, 0.15) is 13.3 Å². The van der Waals surface area contributed by atoms with E-state index < -0.39 is 0 Å². The monoisotopic (exact) mass is 139 g/mol. The van der Waals surface area contributed by atoms with Gasteiger partial charge in [-0.05, 0) is 13.3 Å². The molecule has 3 nitrogen and oxygen atoms in total. The van der Waals surface area contributed by atoms with Crippen LogP contribution in [0.3, 0.4) is 0 Å². The zero-order valence-corrected chi connectivity index (χ0v) is 6.22. The number of nitrogens with zero attached hydrogens (tertiary/aromatic N) is 1. The first-order valence-electron chi connectivity index (χ1n) is 3.44. The van der Waals surface area contributed by atoms with Crippen molar-refractivity contribution in [2.75, 3.05) is 13.1 Å². The maximum atomic E-state index is 5.59. The molecule has 1 aliphatic heterocycles. The molecule has 1 rings (SSSR count). The highest BCUT2D eigenvalue weighted by atomic mass is 14.9. The summed E-state index contributed by atoms with van der Waals surface area (Å²) in [6, 6.07) is 0. The number of aliphatic imine (C=N–C) groups is 1. The van der Waals surface area contributed by atoms with E-state index in [0.29, 0.717) is 12.4 Å². The summed E-state index contributed by atoms with van der Waals surface area (Å²) in [5.41, 5.74) is 13.4. The number of nitrogens with two attached hydrogens (primary N) is 2. The molecule has 0 fully saturated rings. The molecule has 1 heterocycles. The molecule has 0 radical (unpaired) electrons. The highest BCUT2D eigenvalue weighted by Gasteiger charge is 2.08. The van der Waals surface area contributed by atoms with E-state index in [-0.39, 0.29) is 0 Å². The van der Waals surface area contributed by atoms with E-state index >= 15 is 0 Å². The molecule has 0 aromatic carbocycles. The summed E-state index contributed by atoms with van der Waals surface area (Å²) in [5, 5.41) is 0. The quantitative estimate of drug-likeness (QED) is 0.538. The van der Waals surface area contributed by atoms with Crippen LogP contribution >= 0.6 is 0 Å². The zero-order chi connectivity index (χ0) is 7.56. The number of hydrogen-bond donors (Lipinski definition) is 2. The van der Waals surface area contributed by atoms with Gasteiger partial charge in [-0.1, -0.05) is 5.57 Å². The van der Waals surface area contributed by atoms with Crippen molar-refractivity contribution in [1.82, 2.24) is 0 Å². The van der Waals surface area contributed by atoms with Gasteiger partial charge < -0.3 is 11.5 Å². The third kappa shape index (κ3) is 1.19. The summed E-state index contributed by atoms with van der Waals surface area (Å²) in [5.74, 6) is 0.631. The number of rotatable bonds is 1. The van der Waals surface area contributed by atoms with Gasteiger partial charge in [-0.15, -0.1) is 0 Å². The van der Waals surface area contributed by atoms with Gasteiger partial charge in [-0.2, -0.15) is 0 Å². The van der Waals surface area contributed by atoms with E-state index in [9.17, 15) is 0 Å². The van der Waals surface area contributed by atoms with Gasteiger partial charge in [0.2, 0.25) is 0 Å². The van der Waals surface area contributed by atoms with Crippen molar-refractivity contribution in [2.45, 2.75) is 13.3 Å². The summed E-state index contributed by atoms with van der Waals surface area (Å²) >= 11 is 0. The van der Waals surface area contributed by atoms with E-state index in [0.717, 1.165) is 18.5 Å². The van der Waals surface area contributed by atoms with Gasteiger partial charge in [0.15, 0.2) is 0 Å². The maximum Gasteiger partial charge on any atom is 0.122 e. The van der Waals surface area contributed by atoms with E-state index in [2.05, 4.69) is 11.9 Å². The lowest BCUT2D eigenvalue weighted by atomic mass is 10.0. The molecule has 10 heavy (non-hydrogen) atoms. The van der Waals surface area contributed by atoms with Crippen LogP contribution in [0.5, 0.6) is 0 Å². The molecule has 0 saturated heterocycles. The number of dihydropyridines is 1. The topological polar surface area (TPSA) is 64.4 Å². The molecule has 4 N–H and O–H groups in total. The second-order valence-electron chi connectivity index (χ2n) is 2.48. The lowest BCUT2D eigenvalue weighted by molar-refractivity contribution is 0.901. The molecular weight excluding hydrogens is 126 g/mol. The SMILES string of the molecule is CC1=C(CN)C(N)=NCC1. The third-order valence-electron chi connectivity index (χ3n) is 1.80. The Labute approximate surface area is 60.8 Å². The van der Waals surface area contributed by atoms with E-state index in [1.54, 1.807) is 0 Å². The Kier molecular flexibility index (Phi) is 2.06. The van der Waals surface area contributed by atoms with Crippen LogP contribution in [0.2, 0.25) is 0 Å². The molecule has 0 unspecified atom stereocenters. The van der Waals surface area contributed by atoms with Crippen LogP contribution < -0.4 is 11.5 Å². The molecule has 0 saturated carbocycles. The van der Waals surface area contributed by atoms with Crippen LogP contribution in [0.4, 0.5) is 0 Å². The molecule has 3 heteroatoms. The number of hydrogen-bond acceptors (Lipinski definition) is 3. The van der Waals surface area contributed by atoms with E-state index in [1.165, 1.54) is 5.57 Å². The van der Waals surface area contributed by atoms with Crippen molar-refractivity contribution in [3.05, 3.63) is 11.1 Å². The van der Waals surface area contributed by atoms with Crippen molar-refractivity contribution >= 4 is 5.84 Å². The normalized spacial score (nSPS) is 19.2. The fourth-order valence-corrected chi connectivity index (χ4v) is 1.09. The minimum Gasteiger partial charge on any atom is -0.384 e. The fourth-order valence-electron chi connectivity index (χ4n) is 1.09. The van der Waals surface area contributed by atoms with Crippen LogP contribution in [0.25, 0.3) is 0 Å². The van der Waals surface area contributed by atoms with Crippen LogP contribution in [0, 0.1) is 0 Å². The van der Waals surface area contributed by atoms with Crippen LogP contribution in [0.15, 0.2) is 16.1 Å². The number of amidine groups is 1. The van der Waals surface area contributed by atoms with Gasteiger partial charge >= 0.3 is 0 Å². The van der Waals surface area contributed by atoms with Crippen molar-refractivity contribution in [2.24, 2.45) is 16.5 Å². The lowest BCUT2D eigenvalue weighted by Crippen LogP contribution is -2.25. The first-order chi connectivity index (χ1) is 4.75. The highest BCUT2D eigenvalue weighted by Crippen LogP contribution is 2.12. The Morgan fingerprint density at radius 3 is 2.70 bits per heavy atom. The maximum absolute atomic E-state index is 5.59. The summed E-state index contributed by atoms with van der Waals surface area (Å²) in [7, 11) is 0. The molecule has 0 atom stereocenters. The first-order valence-corrected chi connectivity index (χ1v) is 3.44. The molecule has 0 aromatic rings. The summed E-state index contributed by atoms with van der Waals surface area (Å²) < 4.78 is 0. The minimum atomic E-state index is 0.515. The molecule has 1 aliphatic rings. The first kappa shape index (κ1) is 7.28. The summed E-state index contributed by atoms with van der Waals surface area (Å²) in [6.45, 7) is 3.39. The predicted molar refractivity (Wildman–Crippen MR) is 42.9 cm³/mol. The van der Waals surface area contributed by atoms with Crippen molar-refractivity contribution in [3.8, 4) is 0 Å². The molecule has 0 aromatic heterocycles. The minimum absolute atomic E-state index is 0.515. The second kappa shape index (κ2) is 2.84. The Morgan fingerprint density at radius 1 is 1.60 bits per heavy atom. The van der Waals surface area contributed by atoms with E-state index in [1.807, 2.05) is 0 Å². The average Bonchev–Trinajstić information content (AvgIpc) is 1.88. The predicted octanol–water partition coefficient (Wildman–Crippen LogP) is 0.0225. The standard InChI is InChI=1S/C7H13N3/c1-5-2-3-10-7(9)6(5)4-8/h2-4,8H2,1H3,(H2,9,10). The van der Waals surface area contributed by atoms with Gasteiger partial charge in [-0.25, -0.2) is 0 Å². The summed E-state index contributed by atoms with van der Waals surface area (Å²) in [4.78, 5) is 4.09. The third-order valence-corrected chi connectivity index (χ3v) is 1.80. The van der Waals surface area contributed by atoms with Gasteiger partial charge in [0.05, 0.1) is 0 Å². The van der Waals surface area contributed by atoms with E-state index in [4.69, 9.17) is 11.5 Å². The average molecular weight is 139 g/mol. The van der Waals surface area contributed by atoms with Crippen molar-refractivity contribution in [3.63, 3.8) is 0 Å². The van der Waals surface area contributed by atoms with Crippen molar-refractivity contribution in [1.29, 1.82) is 0 Å². The van der Waals surface area contributed by atoms with Crippen LogP contribution in [-0.4, -0.2) is 18.9 Å². The molecule has 0 spiro atoms. The molecule has 0 amide bonds. The Morgan fingerprint density at radius 2 is 2.30 bits per heavy atom. The van der Waals surface area contributed by atoms with Crippen LogP contribution in [-0.2, 0) is 0 Å². The fraction of sp³-hybridized carbons (Fsp3) is 0.571. The van der Waals surface area contributed by atoms with Gasteiger partial charge in [0.25, 0.3) is 0 Å². The van der Waals surface area contributed by atoms with Gasteiger partial charge in [-0.3, -0.25) is 4.99 Å². The Hall–Kier alpha value is -0.830. The lowest BCUT2D eigenvalue weighted by Gasteiger charge is -2.13. The largest absolute Gasteiger partial charge is 0.384 e. The highest BCUT2D eigenvalue weighted by molar-refractivity contribution is 5.98. The molecule has 56 valence electrons. The Balaban J connectivity index is 2.87. The molecular formula is C7H13N3. The molecule has 0 aliphatic carbocycles. The van der Waals surface area contributed by atoms with Crippen molar-refractivity contribution < 1.29 is 0 Å². The zero-order valence-electron chi connectivity index (χ0n) is 6.22. The second-order valence-corrected chi connectivity index (χ2v) is 2.48.